The van der Waals surface area contributed by atoms with Gasteiger partial charge in [-0.2, -0.15) is 0 Å². The Hall–Kier alpha value is -1.10. The number of para-hydroxylation sites is 1. The Morgan fingerprint density at radius 2 is 1.95 bits per heavy atom. The summed E-state index contributed by atoms with van der Waals surface area (Å²) in [6.45, 7) is 2.94. The van der Waals surface area contributed by atoms with Crippen molar-refractivity contribution in [1.82, 2.24) is 4.90 Å². The van der Waals surface area contributed by atoms with Crippen LogP contribution in [0.1, 0.15) is 31.2 Å². The van der Waals surface area contributed by atoms with Gasteiger partial charge in [0.1, 0.15) is 12.4 Å². The lowest BCUT2D eigenvalue weighted by Gasteiger charge is -2.31. The van der Waals surface area contributed by atoms with E-state index in [9.17, 15) is 5.11 Å². The third kappa shape index (κ3) is 5.27. The van der Waals surface area contributed by atoms with Crippen molar-refractivity contribution in [1.29, 1.82) is 0 Å². The first-order valence-electron chi connectivity index (χ1n) is 8.27. The van der Waals surface area contributed by atoms with Crippen LogP contribution in [0.4, 0.5) is 0 Å². The van der Waals surface area contributed by atoms with Gasteiger partial charge in [-0.05, 0) is 31.9 Å². The molecule has 1 fully saturated rings. The fourth-order valence-electron chi connectivity index (χ4n) is 3.17. The number of benzene rings is 1. The lowest BCUT2D eigenvalue weighted by atomic mass is 9.86. The highest BCUT2D eigenvalue weighted by atomic mass is 16.5. The zero-order chi connectivity index (χ0) is 15.8. The third-order valence-corrected chi connectivity index (χ3v) is 4.37. The van der Waals surface area contributed by atoms with Gasteiger partial charge in [-0.15, -0.1) is 0 Å². The first-order valence-corrected chi connectivity index (χ1v) is 8.27. The standard InChI is InChI=1S/C18H29NO3/c1-19(13-15-7-3-5-9-17(15)20)14-16-8-4-6-10-18(16)22-12-11-21-2/h4,6,8,10,15,17,20H,3,5,7,9,11-14H2,1-2H3. The molecule has 0 heterocycles. The van der Waals surface area contributed by atoms with Crippen molar-refractivity contribution in [2.24, 2.45) is 5.92 Å². The Balaban J connectivity index is 1.88. The molecule has 1 aliphatic rings. The highest BCUT2D eigenvalue weighted by Crippen LogP contribution is 2.26. The second kappa shape index (κ2) is 9.13. The smallest absolute Gasteiger partial charge is 0.123 e. The Bertz CT molecular complexity index is 438. The molecule has 1 saturated carbocycles. The third-order valence-electron chi connectivity index (χ3n) is 4.37. The van der Waals surface area contributed by atoms with Gasteiger partial charge < -0.3 is 19.5 Å². The van der Waals surface area contributed by atoms with Crippen LogP contribution in [0.25, 0.3) is 0 Å². The molecule has 1 aromatic rings. The molecule has 0 amide bonds. The summed E-state index contributed by atoms with van der Waals surface area (Å²) in [5, 5.41) is 10.1. The lowest BCUT2D eigenvalue weighted by Crippen LogP contribution is -2.34. The number of rotatable bonds is 8. The molecule has 0 saturated heterocycles. The predicted octanol–water partition coefficient (Wildman–Crippen LogP) is 2.69. The number of aliphatic hydroxyl groups excluding tert-OH is 1. The number of ether oxygens (including phenoxy) is 2. The average molecular weight is 307 g/mol. The van der Waals surface area contributed by atoms with E-state index < -0.39 is 0 Å². The molecule has 2 rings (SSSR count). The number of hydrogen-bond donors (Lipinski definition) is 1. The van der Waals surface area contributed by atoms with Gasteiger partial charge in [0, 0.05) is 25.8 Å². The summed E-state index contributed by atoms with van der Waals surface area (Å²) >= 11 is 0. The summed E-state index contributed by atoms with van der Waals surface area (Å²) in [5.41, 5.74) is 1.19. The zero-order valence-corrected chi connectivity index (χ0v) is 13.8. The van der Waals surface area contributed by atoms with Crippen LogP contribution in [0.3, 0.4) is 0 Å². The maximum atomic E-state index is 10.1. The number of aliphatic hydroxyl groups is 1. The van der Waals surface area contributed by atoms with Crippen LogP contribution < -0.4 is 4.74 Å². The number of hydrogen-bond acceptors (Lipinski definition) is 4. The SMILES string of the molecule is COCCOc1ccccc1CN(C)CC1CCCCC1O. The van der Waals surface area contributed by atoms with Gasteiger partial charge in [-0.1, -0.05) is 31.0 Å². The molecule has 0 radical (unpaired) electrons. The van der Waals surface area contributed by atoms with Crippen LogP contribution in [0.15, 0.2) is 24.3 Å². The molecular weight excluding hydrogens is 278 g/mol. The van der Waals surface area contributed by atoms with Crippen molar-refractivity contribution in [2.45, 2.75) is 38.3 Å². The summed E-state index contributed by atoms with van der Waals surface area (Å²) in [4.78, 5) is 2.29. The molecule has 0 spiro atoms. The summed E-state index contributed by atoms with van der Waals surface area (Å²) in [6.07, 6.45) is 4.36. The molecule has 4 heteroatoms. The van der Waals surface area contributed by atoms with Crippen molar-refractivity contribution >= 4 is 0 Å². The van der Waals surface area contributed by atoms with Crippen molar-refractivity contribution in [3.63, 3.8) is 0 Å². The molecule has 0 bridgehead atoms. The Morgan fingerprint density at radius 1 is 1.18 bits per heavy atom. The van der Waals surface area contributed by atoms with Gasteiger partial charge in [-0.3, -0.25) is 0 Å². The zero-order valence-electron chi connectivity index (χ0n) is 13.8. The van der Waals surface area contributed by atoms with Crippen LogP contribution in [0.2, 0.25) is 0 Å². The van der Waals surface area contributed by atoms with Crippen LogP contribution in [-0.4, -0.2) is 50.0 Å². The van der Waals surface area contributed by atoms with Crippen molar-refractivity contribution in [3.05, 3.63) is 29.8 Å². The van der Waals surface area contributed by atoms with Gasteiger partial charge >= 0.3 is 0 Å². The second-order valence-electron chi connectivity index (χ2n) is 6.26. The maximum Gasteiger partial charge on any atom is 0.123 e. The van der Waals surface area contributed by atoms with E-state index in [1.54, 1.807) is 7.11 Å². The van der Waals surface area contributed by atoms with Gasteiger partial charge in [0.05, 0.1) is 12.7 Å². The van der Waals surface area contributed by atoms with Crippen molar-refractivity contribution in [3.8, 4) is 5.75 Å². The quantitative estimate of drug-likeness (QED) is 0.750. The minimum atomic E-state index is -0.135. The van der Waals surface area contributed by atoms with Gasteiger partial charge in [0.2, 0.25) is 0 Å². The summed E-state index contributed by atoms with van der Waals surface area (Å²) in [7, 11) is 3.80. The molecule has 2 atom stereocenters. The van der Waals surface area contributed by atoms with Crippen molar-refractivity contribution < 1.29 is 14.6 Å². The average Bonchev–Trinajstić information content (AvgIpc) is 2.51. The van der Waals surface area contributed by atoms with E-state index in [0.29, 0.717) is 19.1 Å². The number of methoxy groups -OCH3 is 1. The van der Waals surface area contributed by atoms with E-state index in [4.69, 9.17) is 9.47 Å². The van der Waals surface area contributed by atoms with E-state index in [1.807, 2.05) is 18.2 Å². The highest BCUT2D eigenvalue weighted by molar-refractivity contribution is 5.33. The molecule has 0 aliphatic heterocycles. The molecule has 124 valence electrons. The molecule has 1 aliphatic carbocycles. The van der Waals surface area contributed by atoms with Gasteiger partial charge in [0.15, 0.2) is 0 Å². The minimum Gasteiger partial charge on any atom is -0.491 e. The maximum absolute atomic E-state index is 10.1. The summed E-state index contributed by atoms with van der Waals surface area (Å²) in [5.74, 6) is 1.33. The molecule has 1 N–H and O–H groups in total. The molecule has 22 heavy (non-hydrogen) atoms. The normalized spacial score (nSPS) is 22.0. The number of nitrogens with zero attached hydrogens (tertiary/aromatic N) is 1. The highest BCUT2D eigenvalue weighted by Gasteiger charge is 2.24. The van der Waals surface area contributed by atoms with E-state index >= 15 is 0 Å². The minimum absolute atomic E-state index is 0.135. The van der Waals surface area contributed by atoms with E-state index in [-0.39, 0.29) is 6.10 Å². The van der Waals surface area contributed by atoms with Gasteiger partial charge in [-0.25, -0.2) is 0 Å². The van der Waals surface area contributed by atoms with E-state index in [0.717, 1.165) is 38.1 Å². The predicted molar refractivity (Wildman–Crippen MR) is 88.1 cm³/mol. The lowest BCUT2D eigenvalue weighted by molar-refractivity contribution is 0.0500. The topological polar surface area (TPSA) is 41.9 Å². The van der Waals surface area contributed by atoms with Gasteiger partial charge in [0.25, 0.3) is 0 Å². The first kappa shape index (κ1) is 17.3. The van der Waals surface area contributed by atoms with E-state index in [2.05, 4.69) is 18.0 Å². The molecule has 2 unspecified atom stereocenters. The van der Waals surface area contributed by atoms with Crippen LogP contribution in [-0.2, 0) is 11.3 Å². The first-order chi connectivity index (χ1) is 10.7. The van der Waals surface area contributed by atoms with Crippen LogP contribution in [0, 0.1) is 5.92 Å². The Labute approximate surface area is 134 Å². The summed E-state index contributed by atoms with van der Waals surface area (Å²) in [6, 6.07) is 8.16. The molecular formula is C18H29NO3. The van der Waals surface area contributed by atoms with Crippen molar-refractivity contribution in [2.75, 3.05) is 33.9 Å². The fraction of sp³-hybridized carbons (Fsp3) is 0.667. The van der Waals surface area contributed by atoms with E-state index in [1.165, 1.54) is 12.0 Å². The monoisotopic (exact) mass is 307 g/mol. The Morgan fingerprint density at radius 3 is 2.73 bits per heavy atom. The molecule has 0 aromatic heterocycles. The molecule has 4 nitrogen and oxygen atoms in total. The molecule has 1 aromatic carbocycles. The van der Waals surface area contributed by atoms with Crippen LogP contribution in [0.5, 0.6) is 5.75 Å². The van der Waals surface area contributed by atoms with Crippen LogP contribution >= 0.6 is 0 Å². The Kier molecular flexibility index (Phi) is 7.16. The largest absolute Gasteiger partial charge is 0.491 e. The fourth-order valence-corrected chi connectivity index (χ4v) is 3.17. The summed E-state index contributed by atoms with van der Waals surface area (Å²) < 4.78 is 10.8. The second-order valence-corrected chi connectivity index (χ2v) is 6.26.